The lowest BCUT2D eigenvalue weighted by Crippen LogP contribution is -2.30. The monoisotopic (exact) mass is 296 g/mol. The fourth-order valence-corrected chi connectivity index (χ4v) is 3.02. The summed E-state index contributed by atoms with van der Waals surface area (Å²) in [4.78, 5) is 25.8. The maximum atomic E-state index is 11.9. The minimum absolute atomic E-state index is 0.193. The summed E-state index contributed by atoms with van der Waals surface area (Å²) >= 11 is 2.39. The molecule has 4 N–H and O–H groups in total. The molecule has 0 aromatic carbocycles. The van der Waals surface area contributed by atoms with Crippen molar-refractivity contribution < 1.29 is 0 Å². The van der Waals surface area contributed by atoms with E-state index < -0.39 is 5.69 Å². The van der Waals surface area contributed by atoms with E-state index in [9.17, 15) is 9.59 Å². The number of hydrazine groups is 1. The van der Waals surface area contributed by atoms with E-state index in [-0.39, 0.29) is 12.1 Å². The predicted molar refractivity (Wildman–Crippen MR) is 73.5 cm³/mol. The summed E-state index contributed by atoms with van der Waals surface area (Å²) in [6.45, 7) is 0.193. The highest BCUT2D eigenvalue weighted by Gasteiger charge is 2.13. The summed E-state index contributed by atoms with van der Waals surface area (Å²) in [6, 6.07) is 1.73. The SMILES string of the molecule is NNc1snnc1Cn1c(=O)[nH]c(=O)c2sccc21. The number of hydrogen-bond donors (Lipinski definition) is 3. The fraction of sp³-hybridized carbons (Fsp3) is 0.111. The number of hydrogen-bond acceptors (Lipinski definition) is 8. The molecule has 19 heavy (non-hydrogen) atoms. The molecule has 0 aliphatic carbocycles. The highest BCUT2D eigenvalue weighted by atomic mass is 32.1. The second-order valence-corrected chi connectivity index (χ2v) is 5.34. The van der Waals surface area contributed by atoms with E-state index in [0.717, 1.165) is 11.5 Å². The van der Waals surface area contributed by atoms with Crippen molar-refractivity contribution in [3.63, 3.8) is 0 Å². The number of anilines is 1. The first-order valence-corrected chi connectivity index (χ1v) is 6.84. The Labute approximate surface area is 113 Å². The highest BCUT2D eigenvalue weighted by Crippen LogP contribution is 2.19. The minimum Gasteiger partial charge on any atom is -0.313 e. The average molecular weight is 296 g/mol. The number of rotatable bonds is 3. The van der Waals surface area contributed by atoms with Crippen molar-refractivity contribution in [2.75, 3.05) is 5.43 Å². The number of nitrogens with zero attached hydrogens (tertiary/aromatic N) is 3. The lowest BCUT2D eigenvalue weighted by molar-refractivity contribution is 0.736. The van der Waals surface area contributed by atoms with E-state index in [4.69, 9.17) is 5.84 Å². The van der Waals surface area contributed by atoms with Crippen molar-refractivity contribution in [3.05, 3.63) is 38.0 Å². The Balaban J connectivity index is 2.18. The lowest BCUT2D eigenvalue weighted by Gasteiger charge is -2.05. The number of nitrogens with two attached hydrogens (primary N) is 1. The molecule has 0 radical (unpaired) electrons. The van der Waals surface area contributed by atoms with Crippen LogP contribution in [0, 0.1) is 0 Å². The molecular weight excluding hydrogens is 288 g/mol. The molecule has 3 heterocycles. The van der Waals surface area contributed by atoms with Crippen LogP contribution in [0.1, 0.15) is 5.69 Å². The molecule has 3 aromatic rings. The quantitative estimate of drug-likeness (QED) is 0.460. The van der Waals surface area contributed by atoms with Crippen molar-refractivity contribution in [2.45, 2.75) is 6.54 Å². The topological polar surface area (TPSA) is 119 Å². The van der Waals surface area contributed by atoms with Gasteiger partial charge < -0.3 is 5.43 Å². The second kappa shape index (κ2) is 4.57. The Hall–Kier alpha value is -2.04. The Morgan fingerprint density at radius 2 is 2.32 bits per heavy atom. The van der Waals surface area contributed by atoms with Crippen molar-refractivity contribution in [1.82, 2.24) is 19.1 Å². The number of H-pyrrole nitrogens is 1. The Morgan fingerprint density at radius 3 is 3.11 bits per heavy atom. The summed E-state index contributed by atoms with van der Waals surface area (Å²) in [5, 5.41) is 6.26. The van der Waals surface area contributed by atoms with Crippen molar-refractivity contribution in [1.29, 1.82) is 0 Å². The van der Waals surface area contributed by atoms with Crippen molar-refractivity contribution in [2.24, 2.45) is 5.84 Å². The molecule has 0 saturated carbocycles. The van der Waals surface area contributed by atoms with Gasteiger partial charge in [0.25, 0.3) is 5.56 Å². The van der Waals surface area contributed by atoms with Crippen LogP contribution in [0.25, 0.3) is 10.2 Å². The van der Waals surface area contributed by atoms with E-state index in [1.54, 1.807) is 11.4 Å². The van der Waals surface area contributed by atoms with Crippen LogP contribution in [-0.2, 0) is 6.54 Å². The van der Waals surface area contributed by atoms with E-state index in [1.165, 1.54) is 15.9 Å². The van der Waals surface area contributed by atoms with Crippen LogP contribution in [0.5, 0.6) is 0 Å². The molecule has 0 amide bonds. The molecule has 8 nitrogen and oxygen atoms in total. The minimum atomic E-state index is -0.480. The summed E-state index contributed by atoms with van der Waals surface area (Å²) in [6.07, 6.45) is 0. The predicted octanol–water partition coefficient (Wildman–Crippen LogP) is -0.0633. The molecule has 0 spiro atoms. The van der Waals surface area contributed by atoms with Crippen LogP contribution in [0.3, 0.4) is 0 Å². The molecule has 10 heteroatoms. The van der Waals surface area contributed by atoms with Crippen LogP contribution in [0.2, 0.25) is 0 Å². The van der Waals surface area contributed by atoms with Gasteiger partial charge in [-0.05, 0) is 11.4 Å². The standard InChI is InChI=1S/C9H8N6O2S2/c10-12-8-4(13-14-19-8)3-15-5-1-2-18-6(5)7(16)11-9(15)17/h1-2,12H,3,10H2,(H,11,16,17). The van der Waals surface area contributed by atoms with Gasteiger partial charge in [-0.25, -0.2) is 10.6 Å². The van der Waals surface area contributed by atoms with Gasteiger partial charge in [-0.2, -0.15) is 0 Å². The van der Waals surface area contributed by atoms with Crippen molar-refractivity contribution >= 4 is 38.1 Å². The maximum Gasteiger partial charge on any atom is 0.329 e. The van der Waals surface area contributed by atoms with Gasteiger partial charge in [-0.15, -0.1) is 16.4 Å². The molecule has 0 unspecified atom stereocenters. The van der Waals surface area contributed by atoms with Crippen molar-refractivity contribution in [3.8, 4) is 0 Å². The van der Waals surface area contributed by atoms with Gasteiger partial charge in [0.15, 0.2) is 0 Å². The lowest BCUT2D eigenvalue weighted by atomic mass is 10.4. The fourth-order valence-electron chi connectivity index (χ4n) is 1.74. The molecule has 3 rings (SSSR count). The zero-order chi connectivity index (χ0) is 13.4. The van der Waals surface area contributed by atoms with Gasteiger partial charge >= 0.3 is 5.69 Å². The van der Waals surface area contributed by atoms with Gasteiger partial charge in [0.1, 0.15) is 15.4 Å². The number of aromatic amines is 1. The molecule has 0 aliphatic rings. The first-order chi connectivity index (χ1) is 9.20. The van der Waals surface area contributed by atoms with Crippen LogP contribution >= 0.6 is 22.9 Å². The molecule has 0 bridgehead atoms. The van der Waals surface area contributed by atoms with Gasteiger partial charge in [0.2, 0.25) is 0 Å². The Bertz CT molecular complexity index is 844. The van der Waals surface area contributed by atoms with E-state index >= 15 is 0 Å². The zero-order valence-electron chi connectivity index (χ0n) is 9.41. The zero-order valence-corrected chi connectivity index (χ0v) is 11.0. The smallest absolute Gasteiger partial charge is 0.313 e. The summed E-state index contributed by atoms with van der Waals surface area (Å²) < 4.78 is 5.71. The Morgan fingerprint density at radius 1 is 1.47 bits per heavy atom. The van der Waals surface area contributed by atoms with E-state index in [2.05, 4.69) is 20.0 Å². The number of thiophene rings is 1. The first-order valence-electron chi connectivity index (χ1n) is 5.19. The maximum absolute atomic E-state index is 11.9. The third kappa shape index (κ3) is 1.95. The van der Waals surface area contributed by atoms with Gasteiger partial charge in [-0.1, -0.05) is 4.49 Å². The average Bonchev–Trinajstić information content (AvgIpc) is 3.03. The summed E-state index contributed by atoms with van der Waals surface area (Å²) in [5.41, 5.74) is 2.75. The van der Waals surface area contributed by atoms with Crippen LogP contribution in [0.15, 0.2) is 21.0 Å². The van der Waals surface area contributed by atoms with E-state index in [1.807, 2.05) is 0 Å². The Kier molecular flexibility index (Phi) is 2.89. The molecule has 0 fully saturated rings. The number of aromatic nitrogens is 4. The summed E-state index contributed by atoms with van der Waals surface area (Å²) in [5.74, 6) is 5.34. The molecule has 0 atom stereocenters. The molecule has 0 aliphatic heterocycles. The van der Waals surface area contributed by atoms with E-state index in [0.29, 0.717) is 20.9 Å². The molecule has 0 saturated heterocycles. The number of nitrogens with one attached hydrogen (secondary N) is 2. The largest absolute Gasteiger partial charge is 0.329 e. The summed E-state index contributed by atoms with van der Waals surface area (Å²) in [7, 11) is 0. The molecule has 98 valence electrons. The van der Waals surface area contributed by atoms with Crippen LogP contribution in [0.4, 0.5) is 5.00 Å². The number of fused-ring (bicyclic) bond motifs is 1. The van der Waals surface area contributed by atoms with Gasteiger partial charge in [-0.3, -0.25) is 14.3 Å². The third-order valence-corrected chi connectivity index (χ3v) is 4.20. The molecule has 3 aromatic heterocycles. The normalized spacial score (nSPS) is 11.0. The van der Waals surface area contributed by atoms with Crippen LogP contribution < -0.4 is 22.5 Å². The number of nitrogen functional groups attached to an aromatic ring is 1. The third-order valence-electron chi connectivity index (χ3n) is 2.60. The van der Waals surface area contributed by atoms with Crippen LogP contribution in [-0.4, -0.2) is 19.1 Å². The highest BCUT2D eigenvalue weighted by molar-refractivity contribution is 7.17. The second-order valence-electron chi connectivity index (χ2n) is 3.67. The molecular formula is C9H8N6O2S2. The first kappa shape index (κ1) is 12.0. The van der Waals surface area contributed by atoms with Gasteiger partial charge in [0.05, 0.1) is 12.1 Å². The van der Waals surface area contributed by atoms with Gasteiger partial charge in [0, 0.05) is 11.5 Å².